The molecule has 2 aromatic rings. The van der Waals surface area contributed by atoms with Crippen LogP contribution in [0, 0.1) is 0 Å². The molecule has 1 heterocycles. The first-order valence-corrected chi connectivity index (χ1v) is 10.5. The van der Waals surface area contributed by atoms with Crippen LogP contribution >= 0.6 is 11.6 Å². The number of carbonyl (C=O) groups is 1. The number of hydrogen-bond donors (Lipinski definition) is 1. The van der Waals surface area contributed by atoms with Crippen molar-refractivity contribution in [2.45, 2.75) is 36.6 Å². The molecule has 1 aliphatic carbocycles. The van der Waals surface area contributed by atoms with Gasteiger partial charge in [0.25, 0.3) is 5.91 Å². The highest BCUT2D eigenvalue weighted by Crippen LogP contribution is 2.31. The quantitative estimate of drug-likeness (QED) is 0.870. The zero-order valence-corrected chi connectivity index (χ0v) is 15.7. The smallest absolute Gasteiger partial charge is 0.258 e. The summed E-state index contributed by atoms with van der Waals surface area (Å²) in [5, 5.41) is 0.582. The van der Waals surface area contributed by atoms with Gasteiger partial charge in [-0.15, -0.1) is 0 Å². The maximum absolute atomic E-state index is 12.9. The molecule has 136 valence electrons. The largest absolute Gasteiger partial charge is 0.308 e. The minimum atomic E-state index is -3.49. The van der Waals surface area contributed by atoms with Crippen LogP contribution in [0.5, 0.6) is 0 Å². The van der Waals surface area contributed by atoms with Crippen molar-refractivity contribution in [3.05, 3.63) is 58.6 Å². The summed E-state index contributed by atoms with van der Waals surface area (Å²) in [6, 6.07) is 11.9. The summed E-state index contributed by atoms with van der Waals surface area (Å²) >= 11 is 5.90. The van der Waals surface area contributed by atoms with Crippen LogP contribution in [-0.4, -0.2) is 26.9 Å². The van der Waals surface area contributed by atoms with Gasteiger partial charge in [-0.3, -0.25) is 4.79 Å². The SMILES string of the molecule is O=C(c1ccc(Cl)cc1)N1CCCc2cc(S(=O)(=O)NC3CC3)ccc21. The Morgan fingerprint density at radius 2 is 1.85 bits per heavy atom. The lowest BCUT2D eigenvalue weighted by Crippen LogP contribution is -2.35. The van der Waals surface area contributed by atoms with Crippen molar-refractivity contribution < 1.29 is 13.2 Å². The molecule has 1 saturated carbocycles. The van der Waals surface area contributed by atoms with Gasteiger partial charge in [0.15, 0.2) is 0 Å². The van der Waals surface area contributed by atoms with Gasteiger partial charge in [-0.2, -0.15) is 0 Å². The molecule has 0 spiro atoms. The van der Waals surface area contributed by atoms with Crippen LogP contribution in [0.15, 0.2) is 47.4 Å². The van der Waals surface area contributed by atoms with Gasteiger partial charge in [0, 0.05) is 28.9 Å². The Morgan fingerprint density at radius 1 is 1.12 bits per heavy atom. The Balaban J connectivity index is 1.64. The van der Waals surface area contributed by atoms with E-state index in [1.165, 1.54) is 0 Å². The molecule has 0 saturated heterocycles. The molecule has 2 aliphatic rings. The molecule has 0 radical (unpaired) electrons. The number of nitrogens with zero attached hydrogens (tertiary/aromatic N) is 1. The van der Waals surface area contributed by atoms with Gasteiger partial charge in [0.2, 0.25) is 10.0 Å². The number of rotatable bonds is 4. The van der Waals surface area contributed by atoms with Gasteiger partial charge >= 0.3 is 0 Å². The third kappa shape index (κ3) is 3.49. The predicted molar refractivity (Wildman–Crippen MR) is 101 cm³/mol. The predicted octanol–water partition coefficient (Wildman–Crippen LogP) is 3.37. The number of carbonyl (C=O) groups excluding carboxylic acids is 1. The Kier molecular flexibility index (Phi) is 4.50. The van der Waals surface area contributed by atoms with E-state index in [1.54, 1.807) is 47.4 Å². The number of fused-ring (bicyclic) bond motifs is 1. The average molecular weight is 391 g/mol. The molecule has 0 bridgehead atoms. The van der Waals surface area contributed by atoms with Crippen molar-refractivity contribution in [1.29, 1.82) is 0 Å². The van der Waals surface area contributed by atoms with Crippen LogP contribution in [0.25, 0.3) is 0 Å². The van der Waals surface area contributed by atoms with Crippen molar-refractivity contribution in [2.75, 3.05) is 11.4 Å². The van der Waals surface area contributed by atoms with Crippen molar-refractivity contribution >= 4 is 33.2 Å². The second kappa shape index (κ2) is 6.68. The fourth-order valence-corrected chi connectivity index (χ4v) is 4.67. The van der Waals surface area contributed by atoms with Gasteiger partial charge in [0.05, 0.1) is 4.90 Å². The molecule has 5 nitrogen and oxygen atoms in total. The molecule has 1 fully saturated rings. The average Bonchev–Trinajstić information content (AvgIpc) is 3.44. The van der Waals surface area contributed by atoms with Crippen molar-refractivity contribution in [3.63, 3.8) is 0 Å². The van der Waals surface area contributed by atoms with Crippen molar-refractivity contribution in [3.8, 4) is 0 Å². The first-order chi connectivity index (χ1) is 12.4. The number of sulfonamides is 1. The second-order valence-electron chi connectivity index (χ2n) is 6.75. The molecule has 0 atom stereocenters. The number of nitrogens with one attached hydrogen (secondary N) is 1. The van der Waals surface area contributed by atoms with Gasteiger partial charge in [0.1, 0.15) is 0 Å². The number of benzene rings is 2. The molecule has 0 unspecified atom stereocenters. The monoisotopic (exact) mass is 390 g/mol. The van der Waals surface area contributed by atoms with Gasteiger partial charge in [-0.1, -0.05) is 11.6 Å². The van der Waals surface area contributed by atoms with E-state index >= 15 is 0 Å². The fourth-order valence-electron chi connectivity index (χ4n) is 3.19. The molecule has 2 aromatic carbocycles. The Labute approximate surface area is 158 Å². The number of aryl methyl sites for hydroxylation is 1. The summed E-state index contributed by atoms with van der Waals surface area (Å²) in [6.45, 7) is 0.612. The van der Waals surface area contributed by atoms with E-state index in [1.807, 2.05) is 0 Å². The van der Waals surface area contributed by atoms with Gasteiger partial charge in [-0.25, -0.2) is 13.1 Å². The van der Waals surface area contributed by atoms with Gasteiger partial charge < -0.3 is 4.90 Å². The van der Waals surface area contributed by atoms with E-state index in [0.29, 0.717) is 17.1 Å². The minimum Gasteiger partial charge on any atom is -0.308 e. The standard InChI is InChI=1S/C19H19ClN2O3S/c20-15-5-3-13(4-6-15)19(23)22-11-1-2-14-12-17(9-10-18(14)22)26(24,25)21-16-7-8-16/h3-6,9-10,12,16,21H,1-2,7-8,11H2. The highest BCUT2D eigenvalue weighted by Gasteiger charge is 2.30. The summed E-state index contributed by atoms with van der Waals surface area (Å²) in [5.74, 6) is -0.102. The van der Waals surface area contributed by atoms with Gasteiger partial charge in [-0.05, 0) is 73.7 Å². The molecule has 1 amide bonds. The zero-order valence-electron chi connectivity index (χ0n) is 14.1. The topological polar surface area (TPSA) is 66.5 Å². The summed E-state index contributed by atoms with van der Waals surface area (Å²) < 4.78 is 27.6. The van der Waals surface area contributed by atoms with E-state index < -0.39 is 10.0 Å². The second-order valence-corrected chi connectivity index (χ2v) is 8.90. The highest BCUT2D eigenvalue weighted by molar-refractivity contribution is 7.89. The molecular formula is C19H19ClN2O3S. The zero-order chi connectivity index (χ0) is 18.3. The summed E-state index contributed by atoms with van der Waals surface area (Å²) in [6.07, 6.45) is 3.35. The summed E-state index contributed by atoms with van der Waals surface area (Å²) in [5.41, 5.74) is 2.23. The first-order valence-electron chi connectivity index (χ1n) is 8.67. The van der Waals surface area contributed by atoms with Crippen LogP contribution < -0.4 is 9.62 Å². The van der Waals surface area contributed by atoms with Crippen LogP contribution in [0.1, 0.15) is 35.2 Å². The number of hydrogen-bond acceptors (Lipinski definition) is 3. The van der Waals surface area contributed by atoms with Crippen LogP contribution in [-0.2, 0) is 16.4 Å². The maximum atomic E-state index is 12.9. The van der Waals surface area contributed by atoms with E-state index in [0.717, 1.165) is 36.9 Å². The fraction of sp³-hybridized carbons (Fsp3) is 0.316. The highest BCUT2D eigenvalue weighted by atomic mass is 35.5. The Morgan fingerprint density at radius 3 is 2.54 bits per heavy atom. The molecule has 1 aliphatic heterocycles. The first kappa shape index (κ1) is 17.5. The molecule has 4 rings (SSSR count). The Bertz CT molecular complexity index is 953. The van der Waals surface area contributed by atoms with Crippen LogP contribution in [0.3, 0.4) is 0 Å². The molecule has 0 aromatic heterocycles. The molecular weight excluding hydrogens is 372 g/mol. The number of halogens is 1. The third-order valence-electron chi connectivity index (χ3n) is 4.72. The normalized spacial score (nSPS) is 17.0. The van der Waals surface area contributed by atoms with E-state index in [2.05, 4.69) is 4.72 Å². The number of amides is 1. The van der Waals surface area contributed by atoms with E-state index in [4.69, 9.17) is 11.6 Å². The summed E-state index contributed by atoms with van der Waals surface area (Å²) in [7, 11) is -3.49. The lowest BCUT2D eigenvalue weighted by Gasteiger charge is -2.30. The Hall–Kier alpha value is -1.89. The van der Waals surface area contributed by atoms with Crippen molar-refractivity contribution in [1.82, 2.24) is 4.72 Å². The molecule has 26 heavy (non-hydrogen) atoms. The minimum absolute atomic E-state index is 0.0685. The van der Waals surface area contributed by atoms with Crippen LogP contribution in [0.4, 0.5) is 5.69 Å². The molecule has 1 N–H and O–H groups in total. The van der Waals surface area contributed by atoms with Crippen molar-refractivity contribution in [2.24, 2.45) is 0 Å². The van der Waals surface area contributed by atoms with E-state index in [-0.39, 0.29) is 16.8 Å². The third-order valence-corrected chi connectivity index (χ3v) is 6.49. The number of anilines is 1. The molecule has 7 heteroatoms. The van der Waals surface area contributed by atoms with E-state index in [9.17, 15) is 13.2 Å². The van der Waals surface area contributed by atoms with Crippen LogP contribution in [0.2, 0.25) is 5.02 Å². The lowest BCUT2D eigenvalue weighted by molar-refractivity contribution is 0.0985. The summed E-state index contributed by atoms with van der Waals surface area (Å²) in [4.78, 5) is 14.8. The lowest BCUT2D eigenvalue weighted by atomic mass is 10.0. The maximum Gasteiger partial charge on any atom is 0.258 e.